The van der Waals surface area contributed by atoms with Crippen LogP contribution in [0.1, 0.15) is 31.7 Å². The van der Waals surface area contributed by atoms with E-state index in [1.165, 1.54) is 0 Å². The van der Waals surface area contributed by atoms with Crippen molar-refractivity contribution in [1.82, 2.24) is 4.90 Å². The zero-order valence-corrected chi connectivity index (χ0v) is 14.5. The Morgan fingerprint density at radius 1 is 1.35 bits per heavy atom. The zero-order valence-electron chi connectivity index (χ0n) is 14.5. The van der Waals surface area contributed by atoms with Crippen LogP contribution in [0.25, 0.3) is 0 Å². The average molecular weight is 321 g/mol. The van der Waals surface area contributed by atoms with Gasteiger partial charge in [-0.2, -0.15) is 0 Å². The van der Waals surface area contributed by atoms with Crippen LogP contribution in [0.15, 0.2) is 18.2 Å². The molecule has 0 spiro atoms. The van der Waals surface area contributed by atoms with Crippen LogP contribution in [0.2, 0.25) is 0 Å². The summed E-state index contributed by atoms with van der Waals surface area (Å²) in [7, 11) is 5.09. The van der Waals surface area contributed by atoms with E-state index in [1.54, 1.807) is 19.1 Å². The summed E-state index contributed by atoms with van der Waals surface area (Å²) >= 11 is 0. The number of nitrogens with zero attached hydrogens (tertiary/aromatic N) is 1. The SMILES string of the molecule is CC[C@H]1OCCC[C@@H]1C(=O)N(C)Cc1ccc(OC)cc1OC. The Morgan fingerprint density at radius 2 is 2.13 bits per heavy atom. The summed E-state index contributed by atoms with van der Waals surface area (Å²) in [6.07, 6.45) is 2.76. The molecule has 0 radical (unpaired) electrons. The van der Waals surface area contributed by atoms with Gasteiger partial charge in [0.2, 0.25) is 5.91 Å². The van der Waals surface area contributed by atoms with E-state index < -0.39 is 0 Å². The van der Waals surface area contributed by atoms with E-state index in [0.29, 0.717) is 6.54 Å². The lowest BCUT2D eigenvalue weighted by Gasteiger charge is -2.33. The van der Waals surface area contributed by atoms with Crippen molar-refractivity contribution in [3.8, 4) is 11.5 Å². The van der Waals surface area contributed by atoms with Gasteiger partial charge in [0, 0.05) is 31.8 Å². The van der Waals surface area contributed by atoms with Gasteiger partial charge >= 0.3 is 0 Å². The quantitative estimate of drug-likeness (QED) is 0.808. The van der Waals surface area contributed by atoms with Crippen LogP contribution in [0.4, 0.5) is 0 Å². The first-order valence-electron chi connectivity index (χ1n) is 8.18. The van der Waals surface area contributed by atoms with Crippen LogP contribution in [-0.2, 0) is 16.1 Å². The Balaban J connectivity index is 2.08. The fourth-order valence-corrected chi connectivity index (χ4v) is 3.12. The van der Waals surface area contributed by atoms with Crippen molar-refractivity contribution in [2.24, 2.45) is 5.92 Å². The molecular formula is C18H27NO4. The Kier molecular flexibility index (Phi) is 6.28. The van der Waals surface area contributed by atoms with Crippen molar-refractivity contribution in [2.45, 2.75) is 38.8 Å². The predicted molar refractivity (Wildman–Crippen MR) is 88.8 cm³/mol. The molecule has 0 aromatic heterocycles. The number of benzene rings is 1. The summed E-state index contributed by atoms with van der Waals surface area (Å²) in [6, 6.07) is 5.66. The van der Waals surface area contributed by atoms with E-state index in [1.807, 2.05) is 25.2 Å². The van der Waals surface area contributed by atoms with Crippen LogP contribution in [-0.4, -0.2) is 44.8 Å². The Morgan fingerprint density at radius 3 is 2.78 bits per heavy atom. The Hall–Kier alpha value is -1.75. The average Bonchev–Trinajstić information content (AvgIpc) is 2.61. The lowest BCUT2D eigenvalue weighted by Crippen LogP contribution is -2.42. The molecule has 5 nitrogen and oxygen atoms in total. The van der Waals surface area contributed by atoms with Crippen molar-refractivity contribution >= 4 is 5.91 Å². The summed E-state index contributed by atoms with van der Waals surface area (Å²) in [6.45, 7) is 3.35. The first-order chi connectivity index (χ1) is 11.1. The lowest BCUT2D eigenvalue weighted by molar-refractivity contribution is -0.144. The molecule has 23 heavy (non-hydrogen) atoms. The van der Waals surface area contributed by atoms with Gasteiger partial charge in [-0.05, 0) is 31.4 Å². The number of amides is 1. The molecule has 1 aromatic carbocycles. The van der Waals surface area contributed by atoms with Crippen molar-refractivity contribution in [3.05, 3.63) is 23.8 Å². The van der Waals surface area contributed by atoms with E-state index in [0.717, 1.165) is 42.9 Å². The number of carbonyl (C=O) groups is 1. The second-order valence-electron chi connectivity index (χ2n) is 5.94. The van der Waals surface area contributed by atoms with E-state index >= 15 is 0 Å². The van der Waals surface area contributed by atoms with E-state index in [2.05, 4.69) is 6.92 Å². The first-order valence-corrected chi connectivity index (χ1v) is 8.18. The molecule has 1 amide bonds. The molecule has 0 unspecified atom stereocenters. The van der Waals surface area contributed by atoms with Gasteiger partial charge in [-0.3, -0.25) is 4.79 Å². The van der Waals surface area contributed by atoms with Gasteiger partial charge in [-0.1, -0.05) is 6.92 Å². The van der Waals surface area contributed by atoms with Gasteiger partial charge in [-0.15, -0.1) is 0 Å². The van der Waals surface area contributed by atoms with Crippen LogP contribution in [0.5, 0.6) is 11.5 Å². The van der Waals surface area contributed by atoms with Crippen LogP contribution < -0.4 is 9.47 Å². The Labute approximate surface area is 138 Å². The molecule has 1 aliphatic heterocycles. The van der Waals surface area contributed by atoms with Gasteiger partial charge in [-0.25, -0.2) is 0 Å². The summed E-state index contributed by atoms with van der Waals surface area (Å²) in [5.41, 5.74) is 0.967. The monoisotopic (exact) mass is 321 g/mol. The molecule has 1 saturated heterocycles. The third kappa shape index (κ3) is 4.16. The van der Waals surface area contributed by atoms with Crippen LogP contribution in [0.3, 0.4) is 0 Å². The summed E-state index contributed by atoms with van der Waals surface area (Å²) in [4.78, 5) is 14.5. The number of methoxy groups -OCH3 is 2. The highest BCUT2D eigenvalue weighted by atomic mass is 16.5. The smallest absolute Gasteiger partial charge is 0.228 e. The minimum atomic E-state index is -0.0389. The minimum absolute atomic E-state index is 0.0384. The van der Waals surface area contributed by atoms with Gasteiger partial charge in [0.15, 0.2) is 0 Å². The van der Waals surface area contributed by atoms with Crippen molar-refractivity contribution in [2.75, 3.05) is 27.9 Å². The number of hydrogen-bond acceptors (Lipinski definition) is 4. The molecule has 2 rings (SSSR count). The maximum Gasteiger partial charge on any atom is 0.228 e. The van der Waals surface area contributed by atoms with Crippen LogP contribution >= 0.6 is 0 Å². The van der Waals surface area contributed by atoms with E-state index in [-0.39, 0.29) is 17.9 Å². The molecule has 1 heterocycles. The molecule has 0 bridgehead atoms. The highest BCUT2D eigenvalue weighted by Gasteiger charge is 2.32. The molecule has 128 valence electrons. The molecule has 1 fully saturated rings. The summed E-state index contributed by atoms with van der Waals surface area (Å²) in [5.74, 6) is 1.58. The fraction of sp³-hybridized carbons (Fsp3) is 0.611. The van der Waals surface area contributed by atoms with Gasteiger partial charge < -0.3 is 19.1 Å². The molecule has 0 aliphatic carbocycles. The highest BCUT2D eigenvalue weighted by molar-refractivity contribution is 5.79. The molecule has 5 heteroatoms. The minimum Gasteiger partial charge on any atom is -0.497 e. The van der Waals surface area contributed by atoms with Crippen molar-refractivity contribution in [3.63, 3.8) is 0 Å². The summed E-state index contributed by atoms with van der Waals surface area (Å²) in [5, 5.41) is 0. The third-order valence-corrected chi connectivity index (χ3v) is 4.44. The fourth-order valence-electron chi connectivity index (χ4n) is 3.12. The predicted octanol–water partition coefficient (Wildman–Crippen LogP) is 2.87. The number of rotatable bonds is 6. The molecular weight excluding hydrogens is 294 g/mol. The molecule has 1 aliphatic rings. The maximum atomic E-state index is 12.8. The largest absolute Gasteiger partial charge is 0.497 e. The number of carbonyl (C=O) groups excluding carboxylic acids is 1. The maximum absolute atomic E-state index is 12.8. The second-order valence-corrected chi connectivity index (χ2v) is 5.94. The molecule has 1 aromatic rings. The van der Waals surface area contributed by atoms with Gasteiger partial charge in [0.05, 0.1) is 26.2 Å². The van der Waals surface area contributed by atoms with Gasteiger partial charge in [0.1, 0.15) is 11.5 Å². The normalized spacial score (nSPS) is 20.9. The van der Waals surface area contributed by atoms with Gasteiger partial charge in [0.25, 0.3) is 0 Å². The standard InChI is InChI=1S/C18H27NO4/c1-5-16-15(7-6-10-23-16)18(20)19(2)12-13-8-9-14(21-3)11-17(13)22-4/h8-9,11,15-16H,5-7,10,12H2,1-4H3/t15-,16+/m0/s1. The first kappa shape index (κ1) is 17.6. The molecule has 2 atom stereocenters. The van der Waals surface area contributed by atoms with E-state index in [9.17, 15) is 4.79 Å². The van der Waals surface area contributed by atoms with Crippen molar-refractivity contribution < 1.29 is 19.0 Å². The second kappa shape index (κ2) is 8.20. The topological polar surface area (TPSA) is 48.0 Å². The molecule has 0 saturated carbocycles. The third-order valence-electron chi connectivity index (χ3n) is 4.44. The number of hydrogen-bond donors (Lipinski definition) is 0. The van der Waals surface area contributed by atoms with Crippen LogP contribution in [0, 0.1) is 5.92 Å². The lowest BCUT2D eigenvalue weighted by atomic mass is 9.91. The number of ether oxygens (including phenoxy) is 3. The molecule has 0 N–H and O–H groups in total. The van der Waals surface area contributed by atoms with Crippen molar-refractivity contribution in [1.29, 1.82) is 0 Å². The zero-order chi connectivity index (χ0) is 16.8. The summed E-state index contributed by atoms with van der Waals surface area (Å²) < 4.78 is 16.4. The van der Waals surface area contributed by atoms with E-state index in [4.69, 9.17) is 14.2 Å². The Bertz CT molecular complexity index is 532. The highest BCUT2D eigenvalue weighted by Crippen LogP contribution is 2.28.